The third-order valence-corrected chi connectivity index (χ3v) is 6.20. The summed E-state index contributed by atoms with van der Waals surface area (Å²) in [4.78, 5) is 17.3. The maximum Gasteiger partial charge on any atom is 0.254 e. The molecule has 5 rings (SSSR count). The van der Waals surface area contributed by atoms with Crippen LogP contribution in [0, 0.1) is 0 Å². The number of halogens is 1. The lowest BCUT2D eigenvalue weighted by Crippen LogP contribution is -2.48. The summed E-state index contributed by atoms with van der Waals surface area (Å²) in [5.74, 6) is 0.824. The van der Waals surface area contributed by atoms with Gasteiger partial charge in [-0.05, 0) is 54.1 Å². The van der Waals surface area contributed by atoms with Crippen LogP contribution >= 0.6 is 11.6 Å². The molecule has 33 heavy (non-hydrogen) atoms. The molecular formula is C25H24ClN5O2. The lowest BCUT2D eigenvalue weighted by Gasteiger charge is -2.36. The quantitative estimate of drug-likeness (QED) is 0.447. The minimum Gasteiger partial charge on any atom is -0.497 e. The van der Waals surface area contributed by atoms with Crippen LogP contribution in [0.25, 0.3) is 11.0 Å². The molecule has 0 spiro atoms. The Morgan fingerprint density at radius 3 is 2.61 bits per heavy atom. The summed E-state index contributed by atoms with van der Waals surface area (Å²) in [7, 11) is 1.65. The zero-order chi connectivity index (χ0) is 22.8. The molecule has 0 bridgehead atoms. The molecule has 0 N–H and O–H groups in total. The van der Waals surface area contributed by atoms with Gasteiger partial charge >= 0.3 is 0 Å². The van der Waals surface area contributed by atoms with Crippen LogP contribution in [0.2, 0.25) is 5.02 Å². The Kier molecular flexibility index (Phi) is 5.88. The third-order valence-electron chi connectivity index (χ3n) is 5.97. The highest BCUT2D eigenvalue weighted by Gasteiger charge is 2.23. The molecule has 1 aromatic heterocycles. The molecule has 1 aliphatic rings. The number of methoxy groups -OCH3 is 1. The summed E-state index contributed by atoms with van der Waals surface area (Å²) in [6.07, 6.45) is 0. The molecule has 1 aliphatic heterocycles. The van der Waals surface area contributed by atoms with Crippen molar-refractivity contribution >= 4 is 34.2 Å². The molecule has 3 aromatic carbocycles. The van der Waals surface area contributed by atoms with Gasteiger partial charge in [-0.25, -0.2) is 4.68 Å². The van der Waals surface area contributed by atoms with Crippen molar-refractivity contribution < 1.29 is 9.53 Å². The number of benzene rings is 3. The molecule has 7 nitrogen and oxygen atoms in total. The second-order valence-electron chi connectivity index (χ2n) is 8.06. The molecule has 0 aliphatic carbocycles. The van der Waals surface area contributed by atoms with Gasteiger partial charge in [-0.2, -0.15) is 0 Å². The first-order chi connectivity index (χ1) is 16.1. The number of nitrogens with zero attached hydrogens (tertiary/aromatic N) is 5. The van der Waals surface area contributed by atoms with Gasteiger partial charge in [0.2, 0.25) is 0 Å². The van der Waals surface area contributed by atoms with Crippen LogP contribution in [0.3, 0.4) is 0 Å². The summed E-state index contributed by atoms with van der Waals surface area (Å²) in [5.41, 5.74) is 4.39. The van der Waals surface area contributed by atoms with Crippen molar-refractivity contribution in [3.63, 3.8) is 0 Å². The van der Waals surface area contributed by atoms with Gasteiger partial charge in [0.15, 0.2) is 0 Å². The number of hydrogen-bond acceptors (Lipinski definition) is 5. The van der Waals surface area contributed by atoms with Crippen molar-refractivity contribution in [1.29, 1.82) is 0 Å². The molecular weight excluding hydrogens is 438 g/mol. The number of anilines is 1. The van der Waals surface area contributed by atoms with Gasteiger partial charge in [-0.15, -0.1) is 5.10 Å². The maximum absolute atomic E-state index is 13.1. The van der Waals surface area contributed by atoms with Crippen molar-refractivity contribution in [3.8, 4) is 5.75 Å². The Bertz CT molecular complexity index is 1300. The van der Waals surface area contributed by atoms with E-state index in [4.69, 9.17) is 16.3 Å². The van der Waals surface area contributed by atoms with E-state index in [-0.39, 0.29) is 5.91 Å². The lowest BCUT2D eigenvalue weighted by molar-refractivity contribution is 0.0747. The van der Waals surface area contributed by atoms with Crippen LogP contribution in [0.4, 0.5) is 5.69 Å². The Morgan fingerprint density at radius 1 is 1.00 bits per heavy atom. The van der Waals surface area contributed by atoms with Crippen LogP contribution < -0.4 is 9.64 Å². The first kappa shape index (κ1) is 21.3. The van der Waals surface area contributed by atoms with Crippen molar-refractivity contribution in [2.45, 2.75) is 6.54 Å². The summed E-state index contributed by atoms with van der Waals surface area (Å²) in [6.45, 7) is 3.43. The van der Waals surface area contributed by atoms with E-state index in [2.05, 4.69) is 15.2 Å². The van der Waals surface area contributed by atoms with Crippen LogP contribution in [-0.2, 0) is 6.54 Å². The minimum absolute atomic E-state index is 0.0185. The molecule has 168 valence electrons. The highest BCUT2D eigenvalue weighted by atomic mass is 35.5. The number of rotatable bonds is 5. The number of ether oxygens (including phenoxy) is 1. The number of aromatic nitrogens is 3. The summed E-state index contributed by atoms with van der Waals surface area (Å²) in [6, 6.07) is 21.3. The monoisotopic (exact) mass is 461 g/mol. The fourth-order valence-corrected chi connectivity index (χ4v) is 4.37. The fourth-order valence-electron chi connectivity index (χ4n) is 4.19. The normalized spacial score (nSPS) is 14.0. The SMILES string of the molecule is COc1cccc(Cn2nnc3cc(C(=O)N4CCN(c5cccc(Cl)c5)CC4)ccc32)c1. The Hall–Kier alpha value is -3.58. The molecule has 0 saturated carbocycles. The fraction of sp³-hybridized carbons (Fsp3) is 0.240. The van der Waals surface area contributed by atoms with Crippen molar-refractivity contribution in [3.05, 3.63) is 82.9 Å². The minimum atomic E-state index is 0.0185. The van der Waals surface area contributed by atoms with Gasteiger partial charge in [0.05, 0.1) is 19.2 Å². The first-order valence-corrected chi connectivity index (χ1v) is 11.2. The average molecular weight is 462 g/mol. The third kappa shape index (κ3) is 4.50. The highest BCUT2D eigenvalue weighted by Crippen LogP contribution is 2.22. The summed E-state index contributed by atoms with van der Waals surface area (Å²) >= 11 is 6.12. The molecule has 2 heterocycles. The summed E-state index contributed by atoms with van der Waals surface area (Å²) in [5, 5.41) is 9.31. The predicted molar refractivity (Wildman–Crippen MR) is 129 cm³/mol. The topological polar surface area (TPSA) is 63.5 Å². The number of amides is 1. The van der Waals surface area contributed by atoms with E-state index >= 15 is 0 Å². The number of carbonyl (C=O) groups is 1. The van der Waals surface area contributed by atoms with Crippen molar-refractivity contribution in [2.24, 2.45) is 0 Å². The predicted octanol–water partition coefficient (Wildman–Crippen LogP) is 4.10. The summed E-state index contributed by atoms with van der Waals surface area (Å²) < 4.78 is 7.14. The van der Waals surface area contributed by atoms with Crippen molar-refractivity contribution in [2.75, 3.05) is 38.2 Å². The average Bonchev–Trinajstić information content (AvgIpc) is 3.25. The Labute approximate surface area is 197 Å². The zero-order valence-corrected chi connectivity index (χ0v) is 19.1. The van der Waals surface area contributed by atoms with E-state index in [1.54, 1.807) is 7.11 Å². The highest BCUT2D eigenvalue weighted by molar-refractivity contribution is 6.30. The standard InChI is InChI=1S/C25H24ClN5O2/c1-33-22-7-2-4-18(14-22)17-31-24-9-8-19(15-23(24)27-28-31)25(32)30-12-10-29(11-13-30)21-6-3-5-20(26)16-21/h2-9,14-16H,10-13,17H2,1H3. The smallest absolute Gasteiger partial charge is 0.254 e. The number of piperazine rings is 1. The van der Waals surface area contributed by atoms with E-state index in [9.17, 15) is 4.79 Å². The Balaban J connectivity index is 1.28. The van der Waals surface area contributed by atoms with E-state index in [0.29, 0.717) is 30.7 Å². The largest absolute Gasteiger partial charge is 0.497 e. The number of fused-ring (bicyclic) bond motifs is 1. The molecule has 0 unspecified atom stereocenters. The number of carbonyl (C=O) groups excluding carboxylic acids is 1. The van der Waals surface area contributed by atoms with E-state index in [1.807, 2.05) is 76.3 Å². The second kappa shape index (κ2) is 9.11. The molecule has 4 aromatic rings. The van der Waals surface area contributed by atoms with Gasteiger partial charge in [-0.3, -0.25) is 4.79 Å². The van der Waals surface area contributed by atoms with Gasteiger partial charge in [-0.1, -0.05) is 35.0 Å². The van der Waals surface area contributed by atoms with Crippen molar-refractivity contribution in [1.82, 2.24) is 19.9 Å². The van der Waals surface area contributed by atoms with E-state index in [0.717, 1.165) is 40.6 Å². The first-order valence-electron chi connectivity index (χ1n) is 10.9. The Morgan fingerprint density at radius 2 is 1.82 bits per heavy atom. The molecule has 0 radical (unpaired) electrons. The van der Waals surface area contributed by atoms with E-state index in [1.165, 1.54) is 0 Å². The van der Waals surface area contributed by atoms with Crippen LogP contribution in [0.15, 0.2) is 66.7 Å². The molecule has 1 saturated heterocycles. The van der Waals surface area contributed by atoms with Crippen LogP contribution in [0.1, 0.15) is 15.9 Å². The van der Waals surface area contributed by atoms with Gasteiger partial charge in [0.1, 0.15) is 11.3 Å². The molecule has 8 heteroatoms. The van der Waals surface area contributed by atoms with Crippen LogP contribution in [-0.4, -0.2) is 59.1 Å². The molecule has 0 atom stereocenters. The number of hydrogen-bond donors (Lipinski definition) is 0. The molecule has 1 fully saturated rings. The second-order valence-corrected chi connectivity index (χ2v) is 8.50. The maximum atomic E-state index is 13.1. The van der Waals surface area contributed by atoms with Gasteiger partial charge < -0.3 is 14.5 Å². The lowest BCUT2D eigenvalue weighted by atomic mass is 10.1. The molecule has 1 amide bonds. The van der Waals surface area contributed by atoms with Gasteiger partial charge in [0.25, 0.3) is 5.91 Å². The zero-order valence-electron chi connectivity index (χ0n) is 18.3. The van der Waals surface area contributed by atoms with Crippen LogP contribution in [0.5, 0.6) is 5.75 Å². The van der Waals surface area contributed by atoms with E-state index < -0.39 is 0 Å². The van der Waals surface area contributed by atoms with Gasteiger partial charge in [0, 0.05) is 42.5 Å².